The van der Waals surface area contributed by atoms with Crippen LogP contribution in [-0.4, -0.2) is 76.2 Å². The lowest BCUT2D eigenvalue weighted by molar-refractivity contribution is -0.0592. The number of carboxylic acids is 1. The molecule has 0 bridgehead atoms. The number of fused-ring (bicyclic) bond motifs is 2. The summed E-state index contributed by atoms with van der Waals surface area (Å²) in [6.07, 6.45) is 6.22. The molecule has 7 rings (SSSR count). The minimum Gasteiger partial charge on any atom is -0.481 e. The highest BCUT2D eigenvalue weighted by atomic mass is 19.1. The van der Waals surface area contributed by atoms with Gasteiger partial charge < -0.3 is 24.0 Å². The van der Waals surface area contributed by atoms with Crippen molar-refractivity contribution in [3.05, 3.63) is 100 Å². The minimum atomic E-state index is -0.952. The molecule has 1 N–H and O–H groups in total. The van der Waals surface area contributed by atoms with E-state index in [4.69, 9.17) is 14.5 Å². The smallest absolute Gasteiger partial charge is 0.335 e. The molecular formula is C36H37FN4O5. The van der Waals surface area contributed by atoms with E-state index in [-0.39, 0.29) is 23.5 Å². The number of ether oxygens (including phenoxy) is 2. The van der Waals surface area contributed by atoms with Crippen LogP contribution in [0.3, 0.4) is 0 Å². The third-order valence-electron chi connectivity index (χ3n) is 9.38. The van der Waals surface area contributed by atoms with Gasteiger partial charge in [0.05, 0.1) is 35.8 Å². The Hall–Kier alpha value is -4.54. The van der Waals surface area contributed by atoms with Gasteiger partial charge in [-0.25, -0.2) is 14.2 Å². The van der Waals surface area contributed by atoms with Gasteiger partial charge in [0.15, 0.2) is 0 Å². The molecule has 3 aliphatic rings. The Balaban J connectivity index is 1.06. The summed E-state index contributed by atoms with van der Waals surface area (Å²) in [5, 5.41) is 9.56. The Kier molecular flexibility index (Phi) is 8.08. The summed E-state index contributed by atoms with van der Waals surface area (Å²) < 4.78 is 29.6. The first-order valence-corrected chi connectivity index (χ1v) is 15.8. The molecule has 0 spiro atoms. The van der Waals surface area contributed by atoms with Crippen LogP contribution in [-0.2, 0) is 17.8 Å². The van der Waals surface area contributed by atoms with Gasteiger partial charge in [-0.05, 0) is 80.2 Å². The summed E-state index contributed by atoms with van der Waals surface area (Å²) in [6, 6.07) is 15.9. The number of carbonyl (C=O) groups excluding carboxylic acids is 1. The molecule has 9 nitrogen and oxygen atoms in total. The normalized spacial score (nSPS) is 19.8. The van der Waals surface area contributed by atoms with Crippen molar-refractivity contribution in [1.29, 1.82) is 0 Å². The number of aromatic nitrogens is 2. The maximum Gasteiger partial charge on any atom is 0.335 e. The number of para-hydroxylation sites is 1. The number of hydrogen-bond donors (Lipinski definition) is 1. The van der Waals surface area contributed by atoms with Crippen LogP contribution in [0.25, 0.3) is 17.1 Å². The van der Waals surface area contributed by atoms with Gasteiger partial charge in [-0.2, -0.15) is 0 Å². The molecule has 0 radical (unpaired) electrons. The predicted molar refractivity (Wildman–Crippen MR) is 172 cm³/mol. The Labute approximate surface area is 266 Å². The number of amides is 1. The Morgan fingerprint density at radius 3 is 2.50 bits per heavy atom. The molecule has 4 heterocycles. The first kappa shape index (κ1) is 30.1. The van der Waals surface area contributed by atoms with E-state index in [2.05, 4.69) is 15.5 Å². The van der Waals surface area contributed by atoms with Crippen molar-refractivity contribution < 1.29 is 28.6 Å². The van der Waals surface area contributed by atoms with Gasteiger partial charge >= 0.3 is 5.97 Å². The van der Waals surface area contributed by atoms with Crippen LogP contribution in [0.5, 0.6) is 5.75 Å². The van der Waals surface area contributed by atoms with Gasteiger partial charge in [0.2, 0.25) is 0 Å². The summed E-state index contributed by atoms with van der Waals surface area (Å²) in [5.74, 6) is 0.320. The van der Waals surface area contributed by atoms with Crippen molar-refractivity contribution >= 4 is 29.0 Å². The van der Waals surface area contributed by atoms with E-state index in [0.717, 1.165) is 72.7 Å². The zero-order chi connectivity index (χ0) is 31.9. The topological polar surface area (TPSA) is 97.1 Å². The molecule has 2 saturated heterocycles. The van der Waals surface area contributed by atoms with Crippen molar-refractivity contribution in [3.8, 4) is 5.75 Å². The molecule has 0 unspecified atom stereocenters. The lowest BCUT2D eigenvalue weighted by Crippen LogP contribution is -2.35. The van der Waals surface area contributed by atoms with Gasteiger partial charge in [0, 0.05) is 37.4 Å². The number of nitrogens with zero attached hydrogens (tertiary/aromatic N) is 4. The van der Waals surface area contributed by atoms with E-state index < -0.39 is 17.9 Å². The quantitative estimate of drug-likeness (QED) is 0.261. The molecule has 4 aromatic rings. The van der Waals surface area contributed by atoms with Crippen LogP contribution in [0.2, 0.25) is 0 Å². The second-order valence-corrected chi connectivity index (χ2v) is 12.6. The summed E-state index contributed by atoms with van der Waals surface area (Å²) in [6.45, 7) is 3.81. The standard InChI is InChI=1S/C36H37FN4O5/c1-39(2)35(42)24-6-9-28(29(37)18-24)32-11-8-23-4-3-5-27(34(23)46-32)22-12-15-40(16-13-22)21-33-38-30-10-7-25(36(43)44)19-31(30)41(33)20-26-14-17-45-26/h3-11,18-19,22,26,32H,12-17,20-21H2,1-2H3,(H,43,44)/t26-,32-/m0/s1. The highest BCUT2D eigenvalue weighted by Crippen LogP contribution is 2.42. The second kappa shape index (κ2) is 12.3. The van der Waals surface area contributed by atoms with E-state index in [1.807, 2.05) is 24.3 Å². The fourth-order valence-corrected chi connectivity index (χ4v) is 6.70. The zero-order valence-electron chi connectivity index (χ0n) is 26.0. The van der Waals surface area contributed by atoms with Crippen molar-refractivity contribution in [2.75, 3.05) is 33.8 Å². The number of carbonyl (C=O) groups is 2. The van der Waals surface area contributed by atoms with Crippen LogP contribution in [0.15, 0.2) is 60.7 Å². The van der Waals surface area contributed by atoms with Gasteiger partial charge in [-0.15, -0.1) is 0 Å². The number of hydrogen-bond acceptors (Lipinski definition) is 6. The molecule has 238 valence electrons. The molecule has 1 aromatic heterocycles. The van der Waals surface area contributed by atoms with Crippen molar-refractivity contribution in [3.63, 3.8) is 0 Å². The number of rotatable bonds is 8. The number of carboxylic acid groups (broad SMARTS) is 1. The Bertz CT molecular complexity index is 1840. The van der Waals surface area contributed by atoms with Gasteiger partial charge in [0.25, 0.3) is 5.91 Å². The minimum absolute atomic E-state index is 0.115. The zero-order valence-corrected chi connectivity index (χ0v) is 26.0. The van der Waals surface area contributed by atoms with E-state index in [0.29, 0.717) is 24.2 Å². The molecule has 46 heavy (non-hydrogen) atoms. The number of halogens is 1. The van der Waals surface area contributed by atoms with E-state index in [9.17, 15) is 14.7 Å². The van der Waals surface area contributed by atoms with Crippen molar-refractivity contribution in [2.24, 2.45) is 0 Å². The summed E-state index contributed by atoms with van der Waals surface area (Å²) >= 11 is 0. The SMILES string of the molecule is CN(C)C(=O)c1ccc([C@@H]2C=Cc3cccc(C4CCN(Cc5nc6ccc(C(=O)O)cc6n5C[C@@H]5CCO5)CC4)c3O2)c(F)c1. The monoisotopic (exact) mass is 624 g/mol. The maximum atomic E-state index is 15.2. The fourth-order valence-electron chi connectivity index (χ4n) is 6.70. The second-order valence-electron chi connectivity index (χ2n) is 12.6. The maximum absolute atomic E-state index is 15.2. The largest absolute Gasteiger partial charge is 0.481 e. The van der Waals surface area contributed by atoms with Crippen LogP contribution in [0, 0.1) is 5.82 Å². The summed E-state index contributed by atoms with van der Waals surface area (Å²) in [7, 11) is 3.29. The van der Waals surface area contributed by atoms with E-state index >= 15 is 4.39 Å². The fraction of sp³-hybridized carbons (Fsp3) is 0.361. The highest BCUT2D eigenvalue weighted by molar-refractivity contribution is 5.94. The first-order chi connectivity index (χ1) is 22.2. The van der Waals surface area contributed by atoms with Crippen LogP contribution in [0.1, 0.15) is 74.5 Å². The average Bonchev–Trinajstić information content (AvgIpc) is 3.37. The Morgan fingerprint density at radius 1 is 1.02 bits per heavy atom. The van der Waals surface area contributed by atoms with Crippen LogP contribution >= 0.6 is 0 Å². The number of imidazole rings is 1. The van der Waals surface area contributed by atoms with E-state index in [1.165, 1.54) is 11.0 Å². The Morgan fingerprint density at radius 2 is 1.80 bits per heavy atom. The molecule has 10 heteroatoms. The predicted octanol–water partition coefficient (Wildman–Crippen LogP) is 5.89. The van der Waals surface area contributed by atoms with Crippen LogP contribution < -0.4 is 4.74 Å². The lowest BCUT2D eigenvalue weighted by Gasteiger charge is -2.34. The third-order valence-corrected chi connectivity index (χ3v) is 9.38. The molecule has 2 atom stereocenters. The summed E-state index contributed by atoms with van der Waals surface area (Å²) in [4.78, 5) is 32.7. The average molecular weight is 625 g/mol. The molecule has 3 aliphatic heterocycles. The molecule has 3 aromatic carbocycles. The summed E-state index contributed by atoms with van der Waals surface area (Å²) in [5.41, 5.74) is 4.67. The number of benzene rings is 3. The lowest BCUT2D eigenvalue weighted by atomic mass is 9.87. The van der Waals surface area contributed by atoms with E-state index in [1.54, 1.807) is 44.4 Å². The van der Waals surface area contributed by atoms with Gasteiger partial charge in [0.1, 0.15) is 23.5 Å². The molecular weight excluding hydrogens is 587 g/mol. The molecule has 0 saturated carbocycles. The highest BCUT2D eigenvalue weighted by Gasteiger charge is 2.29. The number of piperidine rings is 1. The van der Waals surface area contributed by atoms with Crippen molar-refractivity contribution in [1.82, 2.24) is 19.4 Å². The van der Waals surface area contributed by atoms with Gasteiger partial charge in [-0.1, -0.05) is 30.3 Å². The van der Waals surface area contributed by atoms with Gasteiger partial charge in [-0.3, -0.25) is 9.69 Å². The van der Waals surface area contributed by atoms with Crippen LogP contribution in [0.4, 0.5) is 4.39 Å². The molecule has 0 aliphatic carbocycles. The number of aromatic carboxylic acids is 1. The number of likely N-dealkylation sites (tertiary alicyclic amines) is 1. The molecule has 1 amide bonds. The molecule has 2 fully saturated rings. The van der Waals surface area contributed by atoms with Crippen molar-refractivity contribution in [2.45, 2.75) is 50.5 Å². The first-order valence-electron chi connectivity index (χ1n) is 15.8. The third kappa shape index (κ3) is 5.78.